The molecule has 0 amide bonds. The number of nitrogens with zero attached hydrogens (tertiary/aromatic N) is 2. The number of rotatable bonds is 5. The highest BCUT2D eigenvalue weighted by Gasteiger charge is 2.14. The molecule has 0 radical (unpaired) electrons. The lowest BCUT2D eigenvalue weighted by molar-refractivity contribution is 0.595. The summed E-state index contributed by atoms with van der Waals surface area (Å²) in [6.07, 6.45) is 0.946. The summed E-state index contributed by atoms with van der Waals surface area (Å²) in [6.45, 7) is 7.19. The van der Waals surface area contributed by atoms with E-state index < -0.39 is 0 Å². The summed E-state index contributed by atoms with van der Waals surface area (Å²) in [5.41, 5.74) is 4.95. The second kappa shape index (κ2) is 6.25. The largest absolute Gasteiger partial charge is 0.270 e. The highest BCUT2D eigenvalue weighted by molar-refractivity contribution is 6.18. The van der Waals surface area contributed by atoms with Gasteiger partial charge in [-0.2, -0.15) is 5.10 Å². The Bertz CT molecular complexity index is 545. The Morgan fingerprint density at radius 1 is 1.26 bits per heavy atom. The van der Waals surface area contributed by atoms with E-state index in [1.807, 2.05) is 6.92 Å². The van der Waals surface area contributed by atoms with Gasteiger partial charge in [0.15, 0.2) is 0 Å². The highest BCUT2D eigenvalue weighted by atomic mass is 35.5. The summed E-state index contributed by atoms with van der Waals surface area (Å²) in [5, 5.41) is 4.50. The van der Waals surface area contributed by atoms with Gasteiger partial charge < -0.3 is 0 Å². The van der Waals surface area contributed by atoms with Crippen molar-refractivity contribution in [2.24, 2.45) is 0 Å². The van der Waals surface area contributed by atoms with Crippen LogP contribution in [-0.4, -0.2) is 15.7 Å². The zero-order chi connectivity index (χ0) is 13.8. The van der Waals surface area contributed by atoms with E-state index in [4.69, 9.17) is 11.6 Å². The van der Waals surface area contributed by atoms with E-state index in [1.165, 1.54) is 16.8 Å². The Kier molecular flexibility index (Phi) is 4.65. The lowest BCUT2D eigenvalue weighted by Crippen LogP contribution is -2.10. The first-order valence-electron chi connectivity index (χ1n) is 6.80. The van der Waals surface area contributed by atoms with Gasteiger partial charge in [0.2, 0.25) is 0 Å². The number of hydrogen-bond donors (Lipinski definition) is 0. The van der Waals surface area contributed by atoms with Gasteiger partial charge in [0.25, 0.3) is 0 Å². The first-order chi connectivity index (χ1) is 9.13. The predicted molar refractivity (Wildman–Crippen MR) is 81.0 cm³/mol. The van der Waals surface area contributed by atoms with Crippen LogP contribution in [0.3, 0.4) is 0 Å². The van der Waals surface area contributed by atoms with Crippen molar-refractivity contribution in [1.29, 1.82) is 0 Å². The fourth-order valence-corrected chi connectivity index (χ4v) is 2.76. The van der Waals surface area contributed by atoms with Crippen molar-refractivity contribution in [2.75, 3.05) is 5.88 Å². The van der Waals surface area contributed by atoms with Crippen molar-refractivity contribution in [2.45, 2.75) is 39.7 Å². The second-order valence-electron chi connectivity index (χ2n) is 5.06. The number of aromatic nitrogens is 2. The Hall–Kier alpha value is -1.28. The third-order valence-electron chi connectivity index (χ3n) is 3.44. The van der Waals surface area contributed by atoms with E-state index in [0.29, 0.717) is 11.8 Å². The molecule has 0 saturated carbocycles. The molecule has 1 atom stereocenters. The van der Waals surface area contributed by atoms with Crippen LogP contribution in [0.15, 0.2) is 30.3 Å². The molecule has 0 aliphatic carbocycles. The fraction of sp³-hybridized carbons (Fsp3) is 0.438. The van der Waals surface area contributed by atoms with Gasteiger partial charge in [-0.1, -0.05) is 29.8 Å². The SMILES string of the molecule is CCn1nc(C)cc1CC(CCl)c1cccc(C)c1. The maximum atomic E-state index is 6.18. The van der Waals surface area contributed by atoms with E-state index in [0.717, 1.165) is 18.7 Å². The Morgan fingerprint density at radius 3 is 2.68 bits per heavy atom. The molecule has 1 heterocycles. The van der Waals surface area contributed by atoms with Crippen LogP contribution in [0.25, 0.3) is 0 Å². The minimum absolute atomic E-state index is 0.350. The van der Waals surface area contributed by atoms with Crippen LogP contribution in [0.1, 0.15) is 35.4 Å². The first kappa shape index (κ1) is 14.1. The lowest BCUT2D eigenvalue weighted by Gasteiger charge is -2.15. The number of hydrogen-bond acceptors (Lipinski definition) is 1. The maximum absolute atomic E-state index is 6.18. The van der Waals surface area contributed by atoms with Crippen molar-refractivity contribution >= 4 is 11.6 Å². The standard InChI is InChI=1S/C16H21ClN2/c1-4-19-16(9-13(3)18-19)10-15(11-17)14-7-5-6-12(2)8-14/h5-9,15H,4,10-11H2,1-3H3. The molecule has 0 saturated heterocycles. The van der Waals surface area contributed by atoms with Gasteiger partial charge in [-0.05, 0) is 38.8 Å². The minimum Gasteiger partial charge on any atom is -0.270 e. The highest BCUT2D eigenvalue weighted by Crippen LogP contribution is 2.23. The van der Waals surface area contributed by atoms with E-state index in [2.05, 4.69) is 54.0 Å². The number of halogens is 1. The van der Waals surface area contributed by atoms with Gasteiger partial charge in [-0.15, -0.1) is 11.6 Å². The minimum atomic E-state index is 0.350. The molecular formula is C16H21ClN2. The molecular weight excluding hydrogens is 256 g/mol. The van der Waals surface area contributed by atoms with Crippen LogP contribution in [-0.2, 0) is 13.0 Å². The summed E-state index contributed by atoms with van der Waals surface area (Å²) < 4.78 is 2.07. The number of alkyl halides is 1. The molecule has 1 unspecified atom stereocenters. The van der Waals surface area contributed by atoms with Crippen LogP contribution in [0.2, 0.25) is 0 Å². The number of benzene rings is 1. The molecule has 0 fully saturated rings. The topological polar surface area (TPSA) is 17.8 Å². The van der Waals surface area contributed by atoms with Crippen LogP contribution >= 0.6 is 11.6 Å². The molecule has 0 spiro atoms. The van der Waals surface area contributed by atoms with Crippen LogP contribution in [0.5, 0.6) is 0 Å². The average molecular weight is 277 g/mol. The van der Waals surface area contributed by atoms with Gasteiger partial charge >= 0.3 is 0 Å². The van der Waals surface area contributed by atoms with Crippen molar-refractivity contribution in [3.63, 3.8) is 0 Å². The normalized spacial score (nSPS) is 12.6. The molecule has 1 aromatic carbocycles. The molecule has 0 aliphatic rings. The Balaban J connectivity index is 2.23. The van der Waals surface area contributed by atoms with Crippen molar-refractivity contribution in [3.05, 3.63) is 52.8 Å². The zero-order valence-corrected chi connectivity index (χ0v) is 12.6. The van der Waals surface area contributed by atoms with E-state index in [-0.39, 0.29) is 0 Å². The molecule has 0 aliphatic heterocycles. The molecule has 2 nitrogen and oxygen atoms in total. The average Bonchev–Trinajstić information content (AvgIpc) is 2.76. The van der Waals surface area contributed by atoms with Crippen molar-refractivity contribution in [3.8, 4) is 0 Å². The quantitative estimate of drug-likeness (QED) is 0.752. The summed E-state index contributed by atoms with van der Waals surface area (Å²) >= 11 is 6.18. The monoisotopic (exact) mass is 276 g/mol. The molecule has 2 rings (SSSR count). The molecule has 3 heteroatoms. The zero-order valence-electron chi connectivity index (χ0n) is 11.9. The molecule has 0 bridgehead atoms. The second-order valence-corrected chi connectivity index (χ2v) is 5.37. The van der Waals surface area contributed by atoms with E-state index in [9.17, 15) is 0 Å². The number of aryl methyl sites for hydroxylation is 3. The van der Waals surface area contributed by atoms with Gasteiger partial charge in [0.1, 0.15) is 0 Å². The fourth-order valence-electron chi connectivity index (χ4n) is 2.48. The summed E-state index contributed by atoms with van der Waals surface area (Å²) in [6, 6.07) is 10.8. The van der Waals surface area contributed by atoms with E-state index in [1.54, 1.807) is 0 Å². The van der Waals surface area contributed by atoms with Crippen molar-refractivity contribution in [1.82, 2.24) is 9.78 Å². The van der Waals surface area contributed by atoms with Gasteiger partial charge in [-0.25, -0.2) is 0 Å². The smallest absolute Gasteiger partial charge is 0.0596 e. The summed E-state index contributed by atoms with van der Waals surface area (Å²) in [7, 11) is 0. The molecule has 0 N–H and O–H groups in total. The molecule has 1 aromatic heterocycles. The third-order valence-corrected chi connectivity index (χ3v) is 3.81. The van der Waals surface area contributed by atoms with Gasteiger partial charge in [0, 0.05) is 24.0 Å². The maximum Gasteiger partial charge on any atom is 0.0596 e. The van der Waals surface area contributed by atoms with E-state index >= 15 is 0 Å². The summed E-state index contributed by atoms with van der Waals surface area (Å²) in [4.78, 5) is 0. The first-order valence-corrected chi connectivity index (χ1v) is 7.33. The molecule has 102 valence electrons. The Labute approximate surface area is 120 Å². The Morgan fingerprint density at radius 2 is 2.05 bits per heavy atom. The summed E-state index contributed by atoms with van der Waals surface area (Å²) in [5.74, 6) is 0.986. The van der Waals surface area contributed by atoms with Crippen LogP contribution in [0.4, 0.5) is 0 Å². The van der Waals surface area contributed by atoms with Crippen molar-refractivity contribution < 1.29 is 0 Å². The molecule has 19 heavy (non-hydrogen) atoms. The van der Waals surface area contributed by atoms with Crippen LogP contribution in [0, 0.1) is 13.8 Å². The molecule has 2 aromatic rings. The lowest BCUT2D eigenvalue weighted by atomic mass is 9.94. The third kappa shape index (κ3) is 3.38. The van der Waals surface area contributed by atoms with Gasteiger partial charge in [-0.3, -0.25) is 4.68 Å². The van der Waals surface area contributed by atoms with Gasteiger partial charge in [0.05, 0.1) is 5.69 Å². The predicted octanol–water partition coefficient (Wildman–Crippen LogP) is 4.08. The van der Waals surface area contributed by atoms with Crippen LogP contribution < -0.4 is 0 Å².